The molecular weight excluding hydrogens is 324 g/mol. The second-order valence-corrected chi connectivity index (χ2v) is 7.04. The van der Waals surface area contributed by atoms with Crippen molar-refractivity contribution < 1.29 is 31.1 Å². The Morgan fingerprint density at radius 3 is 2.30 bits per heavy atom. The van der Waals surface area contributed by atoms with Gasteiger partial charge in [0.2, 0.25) is 6.41 Å². The molecule has 0 aromatic carbocycles. The summed E-state index contributed by atoms with van der Waals surface area (Å²) in [7, 11) is 0. The summed E-state index contributed by atoms with van der Waals surface area (Å²) in [5.41, 5.74) is -5.36. The molecule has 3 atom stereocenters. The second-order valence-electron chi connectivity index (χ2n) is 7.04. The zero-order valence-electron chi connectivity index (χ0n) is 12.8. The van der Waals surface area contributed by atoms with Crippen molar-refractivity contribution in [3.05, 3.63) is 11.6 Å². The number of rotatable bonds is 5. The largest absolute Gasteiger partial charge is 0.396 e. The maximum atomic E-state index is 14.4. The van der Waals surface area contributed by atoms with E-state index in [2.05, 4.69) is 0 Å². The Balaban J connectivity index is 2.45. The Kier molecular flexibility index (Phi) is 4.50. The zero-order valence-corrected chi connectivity index (χ0v) is 12.8. The zero-order chi connectivity index (χ0) is 17.6. The van der Waals surface area contributed by atoms with Gasteiger partial charge in [0, 0.05) is 23.6 Å². The third-order valence-corrected chi connectivity index (χ3v) is 4.52. The van der Waals surface area contributed by atoms with Gasteiger partial charge in [-0.15, -0.1) is 0 Å². The van der Waals surface area contributed by atoms with Crippen LogP contribution in [0.15, 0.2) is 11.6 Å². The summed E-state index contributed by atoms with van der Waals surface area (Å²) in [6.07, 6.45) is -6.76. The van der Waals surface area contributed by atoms with E-state index in [1.54, 1.807) is 0 Å². The predicted octanol–water partition coefficient (Wildman–Crippen LogP) is 4.12. The normalized spacial score (nSPS) is 35.2. The van der Waals surface area contributed by atoms with Gasteiger partial charge in [-0.05, 0) is 32.3 Å². The fourth-order valence-corrected chi connectivity index (χ4v) is 3.77. The first-order valence-corrected chi connectivity index (χ1v) is 7.37. The van der Waals surface area contributed by atoms with E-state index in [1.807, 2.05) is 0 Å². The van der Waals surface area contributed by atoms with Crippen LogP contribution >= 0.6 is 0 Å². The maximum absolute atomic E-state index is 14.4. The van der Waals surface area contributed by atoms with Gasteiger partial charge in [0.1, 0.15) is 5.67 Å². The Labute approximate surface area is 130 Å². The van der Waals surface area contributed by atoms with E-state index in [0.29, 0.717) is 25.3 Å². The molecule has 2 rings (SSSR count). The van der Waals surface area contributed by atoms with Crippen LogP contribution < -0.4 is 0 Å². The van der Waals surface area contributed by atoms with Crippen LogP contribution in [0, 0.1) is 11.3 Å². The van der Waals surface area contributed by atoms with Crippen molar-refractivity contribution in [3.63, 3.8) is 0 Å². The van der Waals surface area contributed by atoms with Gasteiger partial charge in [-0.3, -0.25) is 4.79 Å². The van der Waals surface area contributed by atoms with Gasteiger partial charge < -0.3 is 4.90 Å². The lowest BCUT2D eigenvalue weighted by molar-refractivity contribution is -0.208. The first kappa shape index (κ1) is 18.1. The third-order valence-electron chi connectivity index (χ3n) is 4.52. The summed E-state index contributed by atoms with van der Waals surface area (Å²) < 4.78 is 81.1. The van der Waals surface area contributed by atoms with Crippen LogP contribution in [-0.2, 0) is 4.79 Å². The van der Waals surface area contributed by atoms with E-state index in [4.69, 9.17) is 0 Å². The van der Waals surface area contributed by atoms with Crippen LogP contribution in [-0.4, -0.2) is 42.2 Å². The van der Waals surface area contributed by atoms with Crippen LogP contribution in [0.25, 0.3) is 0 Å². The van der Waals surface area contributed by atoms with Crippen LogP contribution in [0.4, 0.5) is 26.3 Å². The number of carbonyl (C=O) groups is 1. The molecule has 1 fully saturated rings. The van der Waals surface area contributed by atoms with Gasteiger partial charge in [0.25, 0.3) is 6.43 Å². The molecule has 2 aliphatic carbocycles. The van der Waals surface area contributed by atoms with Gasteiger partial charge in [0.15, 0.2) is 0 Å². The molecule has 0 aromatic rings. The number of nitrogens with zero attached hydrogens (tertiary/aromatic N) is 1. The van der Waals surface area contributed by atoms with E-state index in [1.165, 1.54) is 4.90 Å². The molecule has 23 heavy (non-hydrogen) atoms. The summed E-state index contributed by atoms with van der Waals surface area (Å²) in [6.45, 7) is 1.73. The number of hydrogen-bond donors (Lipinski definition) is 0. The molecule has 0 heterocycles. The molecule has 3 unspecified atom stereocenters. The first-order valence-electron chi connectivity index (χ1n) is 7.37. The standard InChI is InChI=1S/C15H19F6NO/c1-13(7-22(8-23)9-3-4-9)6-14(2,18)5-10(12(16)17)11(13)15(19,20)21/h5,8-9,11-12H,3-4,6-7H2,1-2H3. The lowest BCUT2D eigenvalue weighted by Gasteiger charge is -2.47. The van der Waals surface area contributed by atoms with Gasteiger partial charge in [0.05, 0.1) is 5.92 Å². The minimum Gasteiger partial charge on any atom is -0.342 e. The van der Waals surface area contributed by atoms with Crippen LogP contribution in [0.1, 0.15) is 33.1 Å². The minimum absolute atomic E-state index is 0.176. The number of halogens is 6. The Bertz CT molecular complexity index is 497. The molecule has 1 amide bonds. The fourth-order valence-electron chi connectivity index (χ4n) is 3.77. The van der Waals surface area contributed by atoms with Crippen LogP contribution in [0.2, 0.25) is 0 Å². The monoisotopic (exact) mass is 343 g/mol. The highest BCUT2D eigenvalue weighted by molar-refractivity contribution is 5.49. The predicted molar refractivity (Wildman–Crippen MR) is 71.7 cm³/mol. The molecule has 0 aromatic heterocycles. The lowest BCUT2D eigenvalue weighted by Crippen LogP contribution is -2.53. The summed E-state index contributed by atoms with van der Waals surface area (Å²) in [5, 5.41) is 0. The van der Waals surface area contributed by atoms with Crippen molar-refractivity contribution >= 4 is 6.41 Å². The molecule has 132 valence electrons. The first-order chi connectivity index (χ1) is 10.4. The van der Waals surface area contributed by atoms with Crippen molar-refractivity contribution in [2.24, 2.45) is 11.3 Å². The SMILES string of the molecule is CC1(F)C=C(C(F)F)C(C(F)(F)F)C(C)(CN(C=O)C2CC2)C1. The number of allylic oxidation sites excluding steroid dienone is 2. The number of hydrogen-bond acceptors (Lipinski definition) is 1. The molecule has 0 spiro atoms. The molecule has 0 aliphatic heterocycles. The van der Waals surface area contributed by atoms with Gasteiger partial charge in [-0.1, -0.05) is 6.92 Å². The lowest BCUT2D eigenvalue weighted by atomic mass is 9.62. The van der Waals surface area contributed by atoms with E-state index in [0.717, 1.165) is 13.8 Å². The Hall–Kier alpha value is -1.21. The van der Waals surface area contributed by atoms with Gasteiger partial charge in [-0.2, -0.15) is 13.2 Å². The molecule has 0 bridgehead atoms. The van der Waals surface area contributed by atoms with Crippen LogP contribution in [0.5, 0.6) is 0 Å². The summed E-state index contributed by atoms with van der Waals surface area (Å²) in [6, 6.07) is -0.176. The maximum Gasteiger partial charge on any atom is 0.396 e. The molecule has 1 saturated carbocycles. The van der Waals surface area contributed by atoms with Crippen LogP contribution in [0.3, 0.4) is 0 Å². The smallest absolute Gasteiger partial charge is 0.342 e. The molecule has 0 N–H and O–H groups in total. The Morgan fingerprint density at radius 1 is 1.35 bits per heavy atom. The Morgan fingerprint density at radius 2 is 1.91 bits per heavy atom. The van der Waals surface area contributed by atoms with Crippen molar-refractivity contribution in [2.75, 3.05) is 6.54 Å². The molecule has 8 heteroatoms. The summed E-state index contributed by atoms with van der Waals surface area (Å²) >= 11 is 0. The van der Waals surface area contributed by atoms with E-state index in [9.17, 15) is 31.1 Å². The van der Waals surface area contributed by atoms with Gasteiger partial charge >= 0.3 is 6.18 Å². The number of alkyl halides is 6. The number of carbonyl (C=O) groups excluding carboxylic acids is 1. The highest BCUT2D eigenvalue weighted by Crippen LogP contribution is 2.55. The highest BCUT2D eigenvalue weighted by Gasteiger charge is 2.60. The van der Waals surface area contributed by atoms with Crippen molar-refractivity contribution in [1.82, 2.24) is 4.90 Å². The average Bonchev–Trinajstić information content (AvgIpc) is 3.15. The average molecular weight is 343 g/mol. The summed E-state index contributed by atoms with van der Waals surface area (Å²) in [5.74, 6) is -2.47. The molecular formula is C15H19F6NO. The second kappa shape index (κ2) is 5.70. The third kappa shape index (κ3) is 3.83. The van der Waals surface area contributed by atoms with E-state index < -0.39 is 48.1 Å². The highest BCUT2D eigenvalue weighted by atomic mass is 19.4. The van der Waals surface area contributed by atoms with Crippen molar-refractivity contribution in [1.29, 1.82) is 0 Å². The van der Waals surface area contributed by atoms with Gasteiger partial charge in [-0.25, -0.2) is 13.2 Å². The molecule has 2 aliphatic rings. The topological polar surface area (TPSA) is 20.3 Å². The molecule has 2 nitrogen and oxygen atoms in total. The fraction of sp³-hybridized carbons (Fsp3) is 0.800. The van der Waals surface area contributed by atoms with E-state index in [-0.39, 0.29) is 6.04 Å². The molecule has 0 radical (unpaired) electrons. The molecule has 0 saturated heterocycles. The summed E-state index contributed by atoms with van der Waals surface area (Å²) in [4.78, 5) is 12.3. The van der Waals surface area contributed by atoms with Crippen molar-refractivity contribution in [2.45, 2.75) is 57.4 Å². The quantitative estimate of drug-likeness (QED) is 0.418. The van der Waals surface area contributed by atoms with E-state index >= 15 is 0 Å². The minimum atomic E-state index is -4.94. The number of amides is 1. The van der Waals surface area contributed by atoms with Crippen molar-refractivity contribution in [3.8, 4) is 0 Å².